The minimum Gasteiger partial charge on any atom is -0.384 e. The molecule has 1 aromatic carbocycles. The van der Waals surface area contributed by atoms with Crippen LogP contribution in [0.2, 0.25) is 5.02 Å². The van der Waals surface area contributed by atoms with Gasteiger partial charge in [-0.25, -0.2) is 9.67 Å². The fourth-order valence-electron chi connectivity index (χ4n) is 2.30. The second kappa shape index (κ2) is 4.86. The van der Waals surface area contributed by atoms with Crippen LogP contribution >= 0.6 is 11.6 Å². The Kier molecular flexibility index (Phi) is 3.14. The summed E-state index contributed by atoms with van der Waals surface area (Å²) in [5, 5.41) is 13.7. The lowest BCUT2D eigenvalue weighted by molar-refractivity contribution is 0.808. The minimum atomic E-state index is -0.0491. The summed E-state index contributed by atoms with van der Waals surface area (Å²) in [4.78, 5) is 4.60. The Labute approximate surface area is 126 Å². The SMILES string of the molecule is Cc1nn(-c2nc3ccccc3cc2C(=N)N)c(C)c1Cl. The maximum atomic E-state index is 7.80. The fourth-order valence-corrected chi connectivity index (χ4v) is 2.41. The molecule has 106 valence electrons. The van der Waals surface area contributed by atoms with E-state index in [2.05, 4.69) is 10.1 Å². The van der Waals surface area contributed by atoms with E-state index in [0.717, 1.165) is 22.3 Å². The number of halogens is 1. The van der Waals surface area contributed by atoms with Gasteiger partial charge in [0.1, 0.15) is 5.84 Å². The summed E-state index contributed by atoms with van der Waals surface area (Å²) in [6.45, 7) is 3.70. The van der Waals surface area contributed by atoms with Crippen LogP contribution in [0.15, 0.2) is 30.3 Å². The summed E-state index contributed by atoms with van der Waals surface area (Å²) in [7, 11) is 0. The van der Waals surface area contributed by atoms with Crippen LogP contribution in [0.1, 0.15) is 17.0 Å². The number of nitrogens with zero attached hydrogens (tertiary/aromatic N) is 3. The summed E-state index contributed by atoms with van der Waals surface area (Å²) in [6.07, 6.45) is 0. The van der Waals surface area contributed by atoms with Gasteiger partial charge >= 0.3 is 0 Å². The molecule has 0 saturated heterocycles. The summed E-state index contributed by atoms with van der Waals surface area (Å²) in [5.41, 5.74) is 8.56. The normalized spacial score (nSPS) is 11.0. The molecule has 0 unspecified atom stereocenters. The maximum absolute atomic E-state index is 7.80. The fraction of sp³-hybridized carbons (Fsp3) is 0.133. The molecule has 0 aliphatic heterocycles. The summed E-state index contributed by atoms with van der Waals surface area (Å²) in [5.74, 6) is 0.473. The van der Waals surface area contributed by atoms with Gasteiger partial charge in [0.2, 0.25) is 0 Å². The number of fused-ring (bicyclic) bond motifs is 1. The lowest BCUT2D eigenvalue weighted by atomic mass is 10.1. The lowest BCUT2D eigenvalue weighted by Gasteiger charge is -2.11. The number of pyridine rings is 1. The number of nitrogens with one attached hydrogen (secondary N) is 1. The monoisotopic (exact) mass is 299 g/mol. The van der Waals surface area contributed by atoms with Gasteiger partial charge in [-0.05, 0) is 26.0 Å². The zero-order chi connectivity index (χ0) is 15.1. The van der Waals surface area contributed by atoms with E-state index < -0.39 is 0 Å². The average molecular weight is 300 g/mol. The largest absolute Gasteiger partial charge is 0.384 e. The van der Waals surface area contributed by atoms with Gasteiger partial charge in [-0.15, -0.1) is 0 Å². The zero-order valence-electron chi connectivity index (χ0n) is 11.7. The third-order valence-corrected chi connectivity index (χ3v) is 3.94. The van der Waals surface area contributed by atoms with Gasteiger partial charge in [0.15, 0.2) is 5.82 Å². The van der Waals surface area contributed by atoms with E-state index >= 15 is 0 Å². The van der Waals surface area contributed by atoms with E-state index in [1.54, 1.807) is 4.68 Å². The Bertz CT molecular complexity index is 866. The molecule has 0 radical (unpaired) electrons. The van der Waals surface area contributed by atoms with Crippen LogP contribution in [0.25, 0.3) is 16.7 Å². The van der Waals surface area contributed by atoms with E-state index in [0.29, 0.717) is 16.4 Å². The number of nitrogens with two attached hydrogens (primary N) is 1. The first-order valence-electron chi connectivity index (χ1n) is 6.45. The van der Waals surface area contributed by atoms with Crippen LogP contribution in [0.5, 0.6) is 0 Å². The first-order chi connectivity index (χ1) is 9.99. The van der Waals surface area contributed by atoms with Crippen molar-refractivity contribution < 1.29 is 0 Å². The van der Waals surface area contributed by atoms with E-state index in [1.165, 1.54) is 0 Å². The van der Waals surface area contributed by atoms with Crippen LogP contribution in [0.4, 0.5) is 0 Å². The van der Waals surface area contributed by atoms with Crippen LogP contribution in [-0.2, 0) is 0 Å². The molecule has 0 bridgehead atoms. The Morgan fingerprint density at radius 3 is 2.62 bits per heavy atom. The van der Waals surface area contributed by atoms with Crippen LogP contribution < -0.4 is 5.73 Å². The van der Waals surface area contributed by atoms with Crippen LogP contribution in [0, 0.1) is 19.3 Å². The zero-order valence-corrected chi connectivity index (χ0v) is 12.4. The molecule has 5 nitrogen and oxygen atoms in total. The third-order valence-electron chi connectivity index (χ3n) is 3.40. The van der Waals surface area contributed by atoms with Crippen LogP contribution in [0.3, 0.4) is 0 Å². The van der Waals surface area contributed by atoms with Gasteiger partial charge in [0.05, 0.1) is 27.5 Å². The summed E-state index contributed by atoms with van der Waals surface area (Å²) in [6, 6.07) is 9.54. The summed E-state index contributed by atoms with van der Waals surface area (Å²) >= 11 is 6.20. The minimum absolute atomic E-state index is 0.0491. The van der Waals surface area contributed by atoms with Crippen molar-refractivity contribution in [2.24, 2.45) is 5.73 Å². The van der Waals surface area contributed by atoms with Gasteiger partial charge in [-0.3, -0.25) is 5.41 Å². The second-order valence-electron chi connectivity index (χ2n) is 4.86. The molecule has 3 rings (SSSR count). The predicted molar refractivity (Wildman–Crippen MR) is 84.4 cm³/mol. The van der Waals surface area contributed by atoms with Crippen molar-refractivity contribution in [3.05, 3.63) is 52.3 Å². The van der Waals surface area contributed by atoms with Crippen molar-refractivity contribution in [3.8, 4) is 5.82 Å². The molecule has 0 spiro atoms. The van der Waals surface area contributed by atoms with Crippen LogP contribution in [-0.4, -0.2) is 20.6 Å². The molecular formula is C15H14ClN5. The highest BCUT2D eigenvalue weighted by Gasteiger charge is 2.17. The quantitative estimate of drug-likeness (QED) is 0.564. The molecule has 0 aliphatic rings. The first kappa shape index (κ1) is 13.6. The Morgan fingerprint density at radius 1 is 1.29 bits per heavy atom. The molecule has 0 aliphatic carbocycles. The molecule has 6 heteroatoms. The Balaban J connectivity index is 2.36. The molecule has 3 aromatic rings. The van der Waals surface area contributed by atoms with E-state index in [4.69, 9.17) is 22.7 Å². The number of rotatable bonds is 2. The molecule has 3 N–H and O–H groups in total. The smallest absolute Gasteiger partial charge is 0.165 e. The molecular weight excluding hydrogens is 286 g/mol. The van der Waals surface area contributed by atoms with Crippen molar-refractivity contribution in [1.82, 2.24) is 14.8 Å². The van der Waals surface area contributed by atoms with Crippen molar-refractivity contribution in [3.63, 3.8) is 0 Å². The number of amidine groups is 1. The number of hydrogen-bond acceptors (Lipinski definition) is 3. The molecule has 2 aromatic heterocycles. The molecule has 2 heterocycles. The van der Waals surface area contributed by atoms with E-state index in [9.17, 15) is 0 Å². The van der Waals surface area contributed by atoms with Gasteiger partial charge < -0.3 is 5.73 Å². The van der Waals surface area contributed by atoms with E-state index in [1.807, 2.05) is 44.2 Å². The van der Waals surface area contributed by atoms with Gasteiger partial charge in [-0.2, -0.15) is 5.10 Å². The van der Waals surface area contributed by atoms with Gasteiger partial charge in [0, 0.05) is 5.39 Å². The van der Waals surface area contributed by atoms with Crippen molar-refractivity contribution >= 4 is 28.3 Å². The number of hydrogen-bond donors (Lipinski definition) is 2. The molecule has 0 atom stereocenters. The summed E-state index contributed by atoms with van der Waals surface area (Å²) < 4.78 is 1.64. The standard InChI is InChI=1S/C15H14ClN5/c1-8-13(16)9(2)21(20-8)15-11(14(17)18)7-10-5-3-4-6-12(10)19-15/h3-7H,1-2H3,(H3,17,18). The number of aryl methyl sites for hydroxylation is 1. The number of aromatic nitrogens is 3. The average Bonchev–Trinajstić information content (AvgIpc) is 2.73. The number of benzene rings is 1. The third kappa shape index (κ3) is 2.15. The second-order valence-corrected chi connectivity index (χ2v) is 5.24. The van der Waals surface area contributed by atoms with Gasteiger partial charge in [-0.1, -0.05) is 29.8 Å². The lowest BCUT2D eigenvalue weighted by Crippen LogP contribution is -2.17. The predicted octanol–water partition coefficient (Wildman–Crippen LogP) is 2.97. The van der Waals surface area contributed by atoms with Crippen molar-refractivity contribution in [1.29, 1.82) is 5.41 Å². The maximum Gasteiger partial charge on any atom is 0.165 e. The molecule has 21 heavy (non-hydrogen) atoms. The highest BCUT2D eigenvalue weighted by atomic mass is 35.5. The highest BCUT2D eigenvalue weighted by Crippen LogP contribution is 2.25. The molecule has 0 amide bonds. The first-order valence-corrected chi connectivity index (χ1v) is 6.83. The topological polar surface area (TPSA) is 80.6 Å². The van der Waals surface area contributed by atoms with Gasteiger partial charge in [0.25, 0.3) is 0 Å². The molecule has 0 saturated carbocycles. The Morgan fingerprint density at radius 2 is 2.00 bits per heavy atom. The molecule has 0 fully saturated rings. The number of nitrogen functional groups attached to an aromatic ring is 1. The highest BCUT2D eigenvalue weighted by molar-refractivity contribution is 6.31. The number of para-hydroxylation sites is 1. The van der Waals surface area contributed by atoms with E-state index in [-0.39, 0.29) is 5.84 Å². The van der Waals surface area contributed by atoms with Crippen molar-refractivity contribution in [2.45, 2.75) is 13.8 Å². The van der Waals surface area contributed by atoms with Crippen molar-refractivity contribution in [2.75, 3.05) is 0 Å². The Hall–Kier alpha value is -2.40.